The lowest BCUT2D eigenvalue weighted by atomic mass is 10.2. The summed E-state index contributed by atoms with van der Waals surface area (Å²) in [5.74, 6) is 1.72. The second-order valence-corrected chi connectivity index (χ2v) is 6.72. The van der Waals surface area contributed by atoms with E-state index in [1.807, 2.05) is 61.5 Å². The third-order valence-electron chi connectivity index (χ3n) is 4.38. The van der Waals surface area contributed by atoms with Gasteiger partial charge >= 0.3 is 0 Å². The summed E-state index contributed by atoms with van der Waals surface area (Å²) in [4.78, 5) is 21.0. The van der Waals surface area contributed by atoms with Crippen molar-refractivity contribution in [2.75, 3.05) is 23.7 Å². The highest BCUT2D eigenvalue weighted by molar-refractivity contribution is 5.94. The molecule has 0 bridgehead atoms. The second-order valence-electron chi connectivity index (χ2n) is 6.72. The van der Waals surface area contributed by atoms with Crippen LogP contribution in [-0.4, -0.2) is 39.2 Å². The van der Waals surface area contributed by atoms with Crippen molar-refractivity contribution in [2.45, 2.75) is 6.92 Å². The first kappa shape index (κ1) is 19.3. The largest absolute Gasteiger partial charge is 0.367 e. The molecule has 1 amide bonds. The zero-order valence-corrected chi connectivity index (χ0v) is 16.5. The zero-order valence-electron chi connectivity index (χ0n) is 16.5. The molecule has 0 saturated heterocycles. The number of hydrogen-bond donors (Lipinski definition) is 3. The van der Waals surface area contributed by atoms with Gasteiger partial charge in [-0.15, -0.1) is 10.2 Å². The Bertz CT molecular complexity index is 1140. The molecule has 3 heterocycles. The van der Waals surface area contributed by atoms with Crippen LogP contribution in [-0.2, 0) is 0 Å². The third kappa shape index (κ3) is 4.85. The Hall–Kier alpha value is -4.07. The maximum absolute atomic E-state index is 12.3. The van der Waals surface area contributed by atoms with Gasteiger partial charge in [0.05, 0.1) is 5.52 Å². The molecule has 150 valence electrons. The van der Waals surface area contributed by atoms with Crippen molar-refractivity contribution in [3.63, 3.8) is 0 Å². The number of anilines is 3. The first-order valence-electron chi connectivity index (χ1n) is 9.59. The van der Waals surface area contributed by atoms with E-state index in [2.05, 4.69) is 36.1 Å². The smallest absolute Gasteiger partial charge is 0.269 e. The molecule has 4 aromatic rings. The molecule has 0 aliphatic carbocycles. The highest BCUT2D eigenvalue weighted by Crippen LogP contribution is 2.13. The van der Waals surface area contributed by atoms with Crippen molar-refractivity contribution < 1.29 is 4.79 Å². The van der Waals surface area contributed by atoms with E-state index in [0.29, 0.717) is 36.2 Å². The molecular weight excluding hydrogens is 378 g/mol. The summed E-state index contributed by atoms with van der Waals surface area (Å²) in [6, 6.07) is 18.8. The number of amides is 1. The van der Waals surface area contributed by atoms with E-state index in [9.17, 15) is 4.79 Å². The fourth-order valence-electron chi connectivity index (χ4n) is 2.82. The standard InChI is InChI=1S/C22H21N7O/c1-15-6-9-19(25-14-15)27-21-11-10-20(28-29-21)23-12-13-24-22(30)18-8-7-16-4-2-3-5-17(16)26-18/h2-11,14H,12-13H2,1H3,(H,23,28)(H,24,30)(H,25,27,29). The maximum atomic E-state index is 12.3. The van der Waals surface area contributed by atoms with Crippen molar-refractivity contribution in [3.05, 3.63) is 78.1 Å². The minimum atomic E-state index is -0.209. The number of hydrogen-bond acceptors (Lipinski definition) is 7. The normalized spacial score (nSPS) is 10.6. The predicted molar refractivity (Wildman–Crippen MR) is 117 cm³/mol. The lowest BCUT2D eigenvalue weighted by Crippen LogP contribution is -2.29. The monoisotopic (exact) mass is 399 g/mol. The second kappa shape index (κ2) is 8.95. The van der Waals surface area contributed by atoms with Gasteiger partial charge in [-0.1, -0.05) is 30.3 Å². The first-order valence-corrected chi connectivity index (χ1v) is 9.59. The first-order chi connectivity index (χ1) is 14.7. The summed E-state index contributed by atoms with van der Waals surface area (Å²) in [6.07, 6.45) is 1.79. The van der Waals surface area contributed by atoms with Crippen molar-refractivity contribution in [1.29, 1.82) is 0 Å². The fourth-order valence-corrected chi connectivity index (χ4v) is 2.82. The SMILES string of the molecule is Cc1ccc(Nc2ccc(NCCNC(=O)c3ccc4ccccc4n3)nn2)nc1. The Morgan fingerprint density at radius 2 is 1.67 bits per heavy atom. The number of aryl methyl sites for hydroxylation is 1. The summed E-state index contributed by atoms with van der Waals surface area (Å²) >= 11 is 0. The van der Waals surface area contributed by atoms with Gasteiger partial charge in [0.2, 0.25) is 0 Å². The molecule has 3 aromatic heterocycles. The molecule has 4 rings (SSSR count). The molecule has 0 aliphatic heterocycles. The number of fused-ring (bicyclic) bond motifs is 1. The molecule has 0 atom stereocenters. The molecule has 0 spiro atoms. The Labute approximate surface area is 173 Å². The minimum absolute atomic E-state index is 0.209. The number of pyridine rings is 2. The number of aromatic nitrogens is 4. The summed E-state index contributed by atoms with van der Waals surface area (Å²) in [7, 11) is 0. The van der Waals surface area contributed by atoms with Gasteiger partial charge in [-0.25, -0.2) is 9.97 Å². The number of carbonyl (C=O) groups excluding carboxylic acids is 1. The van der Waals surface area contributed by atoms with Gasteiger partial charge in [0.25, 0.3) is 5.91 Å². The highest BCUT2D eigenvalue weighted by atomic mass is 16.1. The van der Waals surface area contributed by atoms with Crippen LogP contribution in [0.2, 0.25) is 0 Å². The molecule has 1 aromatic carbocycles. The van der Waals surface area contributed by atoms with Crippen LogP contribution in [0.1, 0.15) is 16.1 Å². The average Bonchev–Trinajstić information content (AvgIpc) is 2.79. The summed E-state index contributed by atoms with van der Waals surface area (Å²) in [6.45, 7) is 2.93. The number of rotatable bonds is 7. The van der Waals surface area contributed by atoms with Gasteiger partial charge in [0.1, 0.15) is 17.3 Å². The van der Waals surface area contributed by atoms with E-state index in [1.54, 1.807) is 12.3 Å². The van der Waals surface area contributed by atoms with Crippen LogP contribution in [0, 0.1) is 6.92 Å². The number of carbonyl (C=O) groups is 1. The molecule has 3 N–H and O–H groups in total. The summed E-state index contributed by atoms with van der Waals surface area (Å²) in [5, 5.41) is 18.3. The Kier molecular flexibility index (Phi) is 5.75. The Morgan fingerprint density at radius 3 is 2.47 bits per heavy atom. The lowest BCUT2D eigenvalue weighted by molar-refractivity contribution is 0.0950. The van der Waals surface area contributed by atoms with Crippen molar-refractivity contribution in [2.24, 2.45) is 0 Å². The van der Waals surface area contributed by atoms with Crippen LogP contribution in [0.4, 0.5) is 17.5 Å². The van der Waals surface area contributed by atoms with E-state index in [1.165, 1.54) is 0 Å². The van der Waals surface area contributed by atoms with Crippen LogP contribution < -0.4 is 16.0 Å². The van der Waals surface area contributed by atoms with Crippen LogP contribution >= 0.6 is 0 Å². The highest BCUT2D eigenvalue weighted by Gasteiger charge is 2.07. The Morgan fingerprint density at radius 1 is 0.867 bits per heavy atom. The average molecular weight is 399 g/mol. The molecule has 0 radical (unpaired) electrons. The van der Waals surface area contributed by atoms with E-state index < -0.39 is 0 Å². The summed E-state index contributed by atoms with van der Waals surface area (Å²) < 4.78 is 0. The molecular formula is C22H21N7O. The molecule has 30 heavy (non-hydrogen) atoms. The Balaban J connectivity index is 1.24. The number of nitrogens with zero attached hydrogens (tertiary/aromatic N) is 4. The number of nitrogens with one attached hydrogen (secondary N) is 3. The van der Waals surface area contributed by atoms with Crippen LogP contribution in [0.25, 0.3) is 10.9 Å². The lowest BCUT2D eigenvalue weighted by Gasteiger charge is -2.08. The minimum Gasteiger partial charge on any atom is -0.367 e. The molecule has 8 heteroatoms. The van der Waals surface area contributed by atoms with E-state index in [0.717, 1.165) is 16.5 Å². The van der Waals surface area contributed by atoms with Crippen LogP contribution in [0.5, 0.6) is 0 Å². The molecule has 8 nitrogen and oxygen atoms in total. The van der Waals surface area contributed by atoms with Crippen molar-refractivity contribution in [3.8, 4) is 0 Å². The van der Waals surface area contributed by atoms with Gasteiger partial charge in [-0.2, -0.15) is 0 Å². The predicted octanol–water partition coefficient (Wildman–Crippen LogP) is 3.31. The summed E-state index contributed by atoms with van der Waals surface area (Å²) in [5.41, 5.74) is 2.29. The van der Waals surface area contributed by atoms with Gasteiger partial charge < -0.3 is 16.0 Å². The molecule has 0 unspecified atom stereocenters. The van der Waals surface area contributed by atoms with Crippen LogP contribution in [0.3, 0.4) is 0 Å². The number of para-hydroxylation sites is 1. The quantitative estimate of drug-likeness (QED) is 0.410. The van der Waals surface area contributed by atoms with E-state index in [4.69, 9.17) is 0 Å². The molecule has 0 saturated carbocycles. The van der Waals surface area contributed by atoms with Crippen LogP contribution in [0.15, 0.2) is 66.9 Å². The van der Waals surface area contributed by atoms with E-state index in [-0.39, 0.29) is 5.91 Å². The van der Waals surface area contributed by atoms with Gasteiger partial charge in [-0.05, 0) is 42.8 Å². The number of benzene rings is 1. The van der Waals surface area contributed by atoms with Gasteiger partial charge in [0, 0.05) is 24.7 Å². The topological polar surface area (TPSA) is 105 Å². The van der Waals surface area contributed by atoms with Crippen molar-refractivity contribution >= 4 is 34.3 Å². The van der Waals surface area contributed by atoms with Gasteiger partial charge in [0.15, 0.2) is 5.82 Å². The fraction of sp³-hybridized carbons (Fsp3) is 0.136. The maximum Gasteiger partial charge on any atom is 0.269 e. The van der Waals surface area contributed by atoms with E-state index >= 15 is 0 Å². The zero-order chi connectivity index (χ0) is 20.8. The van der Waals surface area contributed by atoms with Crippen molar-refractivity contribution in [1.82, 2.24) is 25.5 Å². The molecule has 0 aliphatic rings. The van der Waals surface area contributed by atoms with Gasteiger partial charge in [-0.3, -0.25) is 4.79 Å². The molecule has 0 fully saturated rings. The third-order valence-corrected chi connectivity index (χ3v) is 4.38.